The predicted molar refractivity (Wildman–Crippen MR) is 105 cm³/mol. The molecular formula is C22H25FN2O2. The Bertz CT molecular complexity index is 842. The highest BCUT2D eigenvalue weighted by molar-refractivity contribution is 5.94. The van der Waals surface area contributed by atoms with Crippen LogP contribution in [0.5, 0.6) is 0 Å². The molecule has 1 aliphatic carbocycles. The zero-order chi connectivity index (χ0) is 19.4. The molecule has 0 radical (unpaired) electrons. The first-order chi connectivity index (χ1) is 12.9. The number of hydrogen-bond acceptors (Lipinski definition) is 2. The molecule has 2 aromatic rings. The fourth-order valence-electron chi connectivity index (χ4n) is 3.49. The first-order valence-corrected chi connectivity index (χ1v) is 9.37. The maximum absolute atomic E-state index is 13.2. The van der Waals surface area contributed by atoms with Gasteiger partial charge in [0.05, 0.1) is 0 Å². The number of anilines is 2. The highest BCUT2D eigenvalue weighted by Gasteiger charge is 2.30. The van der Waals surface area contributed by atoms with Crippen LogP contribution in [0.4, 0.5) is 15.8 Å². The molecule has 0 saturated heterocycles. The van der Waals surface area contributed by atoms with Crippen molar-refractivity contribution >= 4 is 23.2 Å². The van der Waals surface area contributed by atoms with Crippen LogP contribution < -0.4 is 10.6 Å². The average molecular weight is 368 g/mol. The molecule has 0 unspecified atom stereocenters. The van der Waals surface area contributed by atoms with E-state index < -0.39 is 0 Å². The standard InChI is InChI=1S/C22H25FN2O2/c1-14-6-11-20(12-15(14)2)25-22(27)17-9-7-16(8-10-17)21(26)24-19-5-3-4-18(23)13-19/h3-6,11-13,16-17H,7-10H2,1-2H3,(H,24,26)(H,25,27). The summed E-state index contributed by atoms with van der Waals surface area (Å²) in [5.41, 5.74) is 3.62. The van der Waals surface area contributed by atoms with Gasteiger partial charge < -0.3 is 10.6 Å². The van der Waals surface area contributed by atoms with E-state index in [1.807, 2.05) is 32.0 Å². The molecule has 1 aliphatic rings. The van der Waals surface area contributed by atoms with Crippen LogP contribution in [0.1, 0.15) is 36.8 Å². The van der Waals surface area contributed by atoms with Gasteiger partial charge in [0.2, 0.25) is 11.8 Å². The Labute approximate surface area is 159 Å². The van der Waals surface area contributed by atoms with Gasteiger partial charge in [-0.1, -0.05) is 12.1 Å². The van der Waals surface area contributed by atoms with E-state index in [-0.39, 0.29) is 29.5 Å². The van der Waals surface area contributed by atoms with E-state index in [9.17, 15) is 14.0 Å². The van der Waals surface area contributed by atoms with Crippen LogP contribution in [0.2, 0.25) is 0 Å². The molecule has 1 saturated carbocycles. The largest absolute Gasteiger partial charge is 0.326 e. The first kappa shape index (κ1) is 19.1. The molecular weight excluding hydrogens is 343 g/mol. The minimum Gasteiger partial charge on any atom is -0.326 e. The number of nitrogens with one attached hydrogen (secondary N) is 2. The van der Waals surface area contributed by atoms with Crippen LogP contribution in [0, 0.1) is 31.5 Å². The topological polar surface area (TPSA) is 58.2 Å². The van der Waals surface area contributed by atoms with Gasteiger partial charge in [-0.3, -0.25) is 9.59 Å². The summed E-state index contributed by atoms with van der Waals surface area (Å²) in [5, 5.41) is 5.76. The molecule has 142 valence electrons. The Hall–Kier alpha value is -2.69. The molecule has 0 bridgehead atoms. The van der Waals surface area contributed by atoms with Gasteiger partial charge in [-0.15, -0.1) is 0 Å². The Kier molecular flexibility index (Phi) is 5.89. The molecule has 2 N–H and O–H groups in total. The van der Waals surface area contributed by atoms with Crippen molar-refractivity contribution in [2.24, 2.45) is 11.8 Å². The van der Waals surface area contributed by atoms with Crippen molar-refractivity contribution in [3.63, 3.8) is 0 Å². The van der Waals surface area contributed by atoms with Gasteiger partial charge in [0, 0.05) is 23.2 Å². The van der Waals surface area contributed by atoms with Crippen molar-refractivity contribution in [3.05, 3.63) is 59.4 Å². The van der Waals surface area contributed by atoms with Crippen LogP contribution >= 0.6 is 0 Å². The van der Waals surface area contributed by atoms with E-state index in [1.54, 1.807) is 12.1 Å². The van der Waals surface area contributed by atoms with Gasteiger partial charge in [-0.05, 0) is 81.0 Å². The van der Waals surface area contributed by atoms with Gasteiger partial charge in [0.15, 0.2) is 0 Å². The number of rotatable bonds is 4. The second kappa shape index (κ2) is 8.33. The van der Waals surface area contributed by atoms with Crippen molar-refractivity contribution in [1.82, 2.24) is 0 Å². The molecule has 0 aliphatic heterocycles. The minimum absolute atomic E-state index is 0.0160. The number of amides is 2. The van der Waals surface area contributed by atoms with Gasteiger partial charge >= 0.3 is 0 Å². The molecule has 5 heteroatoms. The molecule has 0 atom stereocenters. The lowest BCUT2D eigenvalue weighted by atomic mass is 9.81. The van der Waals surface area contributed by atoms with Crippen LogP contribution in [0.15, 0.2) is 42.5 Å². The van der Waals surface area contributed by atoms with Crippen molar-refractivity contribution in [1.29, 1.82) is 0 Å². The van der Waals surface area contributed by atoms with E-state index >= 15 is 0 Å². The third-order valence-electron chi connectivity index (χ3n) is 5.34. The second-order valence-corrected chi connectivity index (χ2v) is 7.34. The quantitative estimate of drug-likeness (QED) is 0.812. The summed E-state index contributed by atoms with van der Waals surface area (Å²) in [5.74, 6) is -0.681. The van der Waals surface area contributed by atoms with Crippen molar-refractivity contribution < 1.29 is 14.0 Å². The smallest absolute Gasteiger partial charge is 0.227 e. The Morgan fingerprint density at radius 2 is 1.37 bits per heavy atom. The average Bonchev–Trinajstić information content (AvgIpc) is 2.65. The van der Waals surface area contributed by atoms with Crippen LogP contribution in [-0.4, -0.2) is 11.8 Å². The first-order valence-electron chi connectivity index (χ1n) is 9.37. The van der Waals surface area contributed by atoms with Gasteiger partial charge in [0.1, 0.15) is 5.82 Å². The lowest BCUT2D eigenvalue weighted by Gasteiger charge is -2.27. The van der Waals surface area contributed by atoms with E-state index in [4.69, 9.17) is 0 Å². The highest BCUT2D eigenvalue weighted by Crippen LogP contribution is 2.31. The fourth-order valence-corrected chi connectivity index (χ4v) is 3.49. The van der Waals surface area contributed by atoms with E-state index in [2.05, 4.69) is 10.6 Å². The van der Waals surface area contributed by atoms with E-state index in [0.717, 1.165) is 11.3 Å². The van der Waals surface area contributed by atoms with Crippen LogP contribution in [0.25, 0.3) is 0 Å². The molecule has 1 fully saturated rings. The second-order valence-electron chi connectivity index (χ2n) is 7.34. The molecule has 2 aromatic carbocycles. The maximum Gasteiger partial charge on any atom is 0.227 e. The third kappa shape index (κ3) is 4.94. The molecule has 4 nitrogen and oxygen atoms in total. The van der Waals surface area contributed by atoms with Gasteiger partial charge in [-0.25, -0.2) is 4.39 Å². The minimum atomic E-state index is -0.375. The normalized spacial score (nSPS) is 19.4. The lowest BCUT2D eigenvalue weighted by Crippen LogP contribution is -2.32. The number of hydrogen-bond donors (Lipinski definition) is 2. The molecule has 0 spiro atoms. The Balaban J connectivity index is 1.51. The summed E-state index contributed by atoms with van der Waals surface area (Å²) < 4.78 is 13.2. The summed E-state index contributed by atoms with van der Waals surface area (Å²) in [6, 6.07) is 11.8. The van der Waals surface area contributed by atoms with Gasteiger partial charge in [0.25, 0.3) is 0 Å². The summed E-state index contributed by atoms with van der Waals surface area (Å²) in [6.07, 6.45) is 2.67. The number of carbonyl (C=O) groups is 2. The summed E-state index contributed by atoms with van der Waals surface area (Å²) in [7, 11) is 0. The number of halogens is 1. The Morgan fingerprint density at radius 1 is 0.815 bits per heavy atom. The molecule has 3 rings (SSSR count). The molecule has 27 heavy (non-hydrogen) atoms. The lowest BCUT2D eigenvalue weighted by molar-refractivity contribution is -0.125. The zero-order valence-corrected chi connectivity index (χ0v) is 15.7. The predicted octanol–water partition coefficient (Wildman–Crippen LogP) is 4.83. The summed E-state index contributed by atoms with van der Waals surface area (Å²) in [6.45, 7) is 4.06. The van der Waals surface area contributed by atoms with Crippen LogP contribution in [0.3, 0.4) is 0 Å². The molecule has 2 amide bonds. The SMILES string of the molecule is Cc1ccc(NC(=O)C2CCC(C(=O)Nc3cccc(F)c3)CC2)cc1C. The number of carbonyl (C=O) groups excluding carboxylic acids is 2. The summed E-state index contributed by atoms with van der Waals surface area (Å²) in [4.78, 5) is 24.9. The summed E-state index contributed by atoms with van der Waals surface area (Å²) >= 11 is 0. The maximum atomic E-state index is 13.2. The number of benzene rings is 2. The fraction of sp³-hybridized carbons (Fsp3) is 0.364. The zero-order valence-electron chi connectivity index (χ0n) is 15.7. The van der Waals surface area contributed by atoms with E-state index in [1.165, 1.54) is 17.7 Å². The van der Waals surface area contributed by atoms with Crippen molar-refractivity contribution in [2.45, 2.75) is 39.5 Å². The Morgan fingerprint density at radius 3 is 1.89 bits per heavy atom. The van der Waals surface area contributed by atoms with Crippen molar-refractivity contribution in [3.8, 4) is 0 Å². The van der Waals surface area contributed by atoms with Crippen LogP contribution in [-0.2, 0) is 9.59 Å². The number of aryl methyl sites for hydroxylation is 2. The van der Waals surface area contributed by atoms with E-state index in [0.29, 0.717) is 31.4 Å². The molecule has 0 heterocycles. The highest BCUT2D eigenvalue weighted by atomic mass is 19.1. The van der Waals surface area contributed by atoms with Gasteiger partial charge in [-0.2, -0.15) is 0 Å². The van der Waals surface area contributed by atoms with Crippen molar-refractivity contribution in [2.75, 3.05) is 10.6 Å². The monoisotopic (exact) mass is 368 g/mol. The third-order valence-corrected chi connectivity index (χ3v) is 5.34. The molecule has 0 aromatic heterocycles.